The monoisotopic (exact) mass is 486 g/mol. The molecule has 0 saturated carbocycles. The Kier molecular flexibility index (Phi) is 7.73. The first-order valence-corrected chi connectivity index (χ1v) is 11.3. The van der Waals surface area contributed by atoms with Crippen LogP contribution in [0.1, 0.15) is 43.1 Å². The van der Waals surface area contributed by atoms with Crippen LogP contribution >= 0.6 is 0 Å². The number of benzene rings is 3. The molecule has 3 aromatic rings. The Morgan fingerprint density at radius 1 is 0.971 bits per heavy atom. The number of halogens is 3. The second kappa shape index (κ2) is 10.4. The van der Waals surface area contributed by atoms with Crippen molar-refractivity contribution in [1.82, 2.24) is 10.2 Å². The number of rotatable bonds is 6. The molecule has 3 aromatic carbocycles. The normalized spacial score (nSPS) is 11.9. The first kappa shape index (κ1) is 26.1. The molecule has 3 rings (SSSR count). The Morgan fingerprint density at radius 2 is 1.66 bits per heavy atom. The van der Waals surface area contributed by atoms with Crippen molar-refractivity contribution in [2.75, 3.05) is 20.1 Å². The Hall–Kier alpha value is -3.55. The zero-order valence-electron chi connectivity index (χ0n) is 20.2. The first-order valence-electron chi connectivity index (χ1n) is 11.3. The zero-order chi connectivity index (χ0) is 25.8. The van der Waals surface area contributed by atoms with Gasteiger partial charge in [-0.15, -0.1) is 0 Å². The number of alkyl halides is 3. The maximum Gasteiger partial charge on any atom is 0.416 e. The van der Waals surface area contributed by atoms with Gasteiger partial charge < -0.3 is 15.0 Å². The number of nitrogens with zero attached hydrogens (tertiary/aromatic N) is 1. The standard InChI is InChI=1S/C27H29F3N2O3/c1-26(2,3)35-25(34)32(4)16-6-15-31-24(33)20-11-14-23-19(17-20)7-5-8-22(23)18-9-12-21(13-10-18)27(28,29)30/h5,7-14,17H,6,15-16H2,1-4H3,(H,31,33). The van der Waals surface area contributed by atoms with Crippen LogP contribution in [0.2, 0.25) is 0 Å². The number of carbonyl (C=O) groups excluding carboxylic acids is 2. The lowest BCUT2D eigenvalue weighted by Gasteiger charge is -2.24. The van der Waals surface area contributed by atoms with Crippen LogP contribution in [0.25, 0.3) is 21.9 Å². The van der Waals surface area contributed by atoms with E-state index >= 15 is 0 Å². The minimum absolute atomic E-state index is 0.244. The molecule has 0 radical (unpaired) electrons. The van der Waals surface area contributed by atoms with Crippen LogP contribution in [-0.4, -0.2) is 42.6 Å². The molecule has 8 heteroatoms. The van der Waals surface area contributed by atoms with E-state index < -0.39 is 23.4 Å². The highest BCUT2D eigenvalue weighted by Crippen LogP contribution is 2.33. The molecule has 186 valence electrons. The highest BCUT2D eigenvalue weighted by atomic mass is 19.4. The number of carbonyl (C=O) groups is 2. The van der Waals surface area contributed by atoms with Gasteiger partial charge in [-0.3, -0.25) is 4.79 Å². The smallest absolute Gasteiger partial charge is 0.416 e. The van der Waals surface area contributed by atoms with Crippen molar-refractivity contribution >= 4 is 22.8 Å². The van der Waals surface area contributed by atoms with E-state index in [-0.39, 0.29) is 5.91 Å². The Labute approximate surface area is 202 Å². The molecule has 0 bridgehead atoms. The van der Waals surface area contributed by atoms with E-state index in [1.54, 1.807) is 46.0 Å². The summed E-state index contributed by atoms with van der Waals surface area (Å²) in [7, 11) is 1.65. The van der Waals surface area contributed by atoms with E-state index in [9.17, 15) is 22.8 Å². The van der Waals surface area contributed by atoms with Gasteiger partial charge in [0, 0.05) is 25.7 Å². The van der Waals surface area contributed by atoms with Gasteiger partial charge in [0.05, 0.1) is 5.56 Å². The summed E-state index contributed by atoms with van der Waals surface area (Å²) in [6.45, 7) is 6.22. The minimum atomic E-state index is -4.38. The Morgan fingerprint density at radius 3 is 2.29 bits per heavy atom. The SMILES string of the molecule is CN(CCCNC(=O)c1ccc2c(-c3ccc(C(F)(F)F)cc3)cccc2c1)C(=O)OC(C)(C)C. The molecule has 0 aliphatic heterocycles. The van der Waals surface area contributed by atoms with Crippen molar-refractivity contribution in [2.24, 2.45) is 0 Å². The van der Waals surface area contributed by atoms with Crippen molar-refractivity contribution in [2.45, 2.75) is 39.0 Å². The van der Waals surface area contributed by atoms with Crippen LogP contribution in [0.3, 0.4) is 0 Å². The molecule has 5 nitrogen and oxygen atoms in total. The van der Waals surface area contributed by atoms with Crippen molar-refractivity contribution in [3.63, 3.8) is 0 Å². The van der Waals surface area contributed by atoms with Gasteiger partial charge in [-0.05, 0) is 73.4 Å². The van der Waals surface area contributed by atoms with E-state index in [1.807, 2.05) is 18.2 Å². The molecule has 0 aliphatic carbocycles. The molecule has 0 saturated heterocycles. The van der Waals surface area contributed by atoms with Crippen LogP contribution < -0.4 is 5.32 Å². The largest absolute Gasteiger partial charge is 0.444 e. The van der Waals surface area contributed by atoms with Crippen molar-refractivity contribution in [3.05, 3.63) is 71.8 Å². The maximum absolute atomic E-state index is 12.9. The Balaban J connectivity index is 1.64. The highest BCUT2D eigenvalue weighted by molar-refractivity contribution is 6.02. The third kappa shape index (κ3) is 6.97. The molecule has 0 unspecified atom stereocenters. The Bertz CT molecular complexity index is 1200. The van der Waals surface area contributed by atoms with Gasteiger partial charge in [0.1, 0.15) is 5.60 Å². The lowest BCUT2D eigenvalue weighted by atomic mass is 9.96. The van der Waals surface area contributed by atoms with E-state index in [4.69, 9.17) is 4.74 Å². The molecular formula is C27H29F3N2O3. The van der Waals surface area contributed by atoms with Crippen molar-refractivity contribution in [3.8, 4) is 11.1 Å². The summed E-state index contributed by atoms with van der Waals surface area (Å²) in [5.41, 5.74) is 0.658. The van der Waals surface area contributed by atoms with Gasteiger partial charge in [0.25, 0.3) is 5.91 Å². The van der Waals surface area contributed by atoms with E-state index in [0.717, 1.165) is 28.5 Å². The molecule has 0 heterocycles. The first-order chi connectivity index (χ1) is 16.3. The minimum Gasteiger partial charge on any atom is -0.444 e. The fraction of sp³-hybridized carbons (Fsp3) is 0.333. The second-order valence-electron chi connectivity index (χ2n) is 9.33. The molecule has 0 fully saturated rings. The molecule has 0 aliphatic rings. The zero-order valence-corrected chi connectivity index (χ0v) is 20.2. The van der Waals surface area contributed by atoms with Gasteiger partial charge in [-0.2, -0.15) is 13.2 Å². The van der Waals surface area contributed by atoms with E-state index in [1.165, 1.54) is 17.0 Å². The molecular weight excluding hydrogens is 457 g/mol. The van der Waals surface area contributed by atoms with Gasteiger partial charge in [0.15, 0.2) is 0 Å². The van der Waals surface area contributed by atoms with Crippen LogP contribution in [0, 0.1) is 0 Å². The predicted octanol–water partition coefficient (Wildman–Crippen LogP) is 6.51. The van der Waals surface area contributed by atoms with Crippen molar-refractivity contribution < 1.29 is 27.5 Å². The van der Waals surface area contributed by atoms with E-state index in [0.29, 0.717) is 30.6 Å². The average Bonchev–Trinajstić information content (AvgIpc) is 2.79. The number of hydrogen-bond acceptors (Lipinski definition) is 3. The van der Waals surface area contributed by atoms with E-state index in [2.05, 4.69) is 5.32 Å². The summed E-state index contributed by atoms with van der Waals surface area (Å²) < 4.78 is 43.9. The average molecular weight is 487 g/mol. The van der Waals surface area contributed by atoms with Gasteiger partial charge in [0.2, 0.25) is 0 Å². The highest BCUT2D eigenvalue weighted by Gasteiger charge is 2.30. The molecule has 0 spiro atoms. The topological polar surface area (TPSA) is 58.6 Å². The summed E-state index contributed by atoms with van der Waals surface area (Å²) in [6, 6.07) is 15.8. The summed E-state index contributed by atoms with van der Waals surface area (Å²) in [5.74, 6) is -0.244. The molecule has 2 amide bonds. The number of nitrogens with one attached hydrogen (secondary N) is 1. The number of hydrogen-bond donors (Lipinski definition) is 1. The van der Waals surface area contributed by atoms with Crippen molar-refractivity contribution in [1.29, 1.82) is 0 Å². The van der Waals surface area contributed by atoms with Crippen LogP contribution in [-0.2, 0) is 10.9 Å². The summed E-state index contributed by atoms with van der Waals surface area (Å²) in [4.78, 5) is 26.1. The second-order valence-corrected chi connectivity index (χ2v) is 9.33. The fourth-order valence-electron chi connectivity index (χ4n) is 3.57. The summed E-state index contributed by atoms with van der Waals surface area (Å²) in [6.07, 6.45) is -4.24. The van der Waals surface area contributed by atoms with Gasteiger partial charge >= 0.3 is 12.3 Å². The third-order valence-electron chi connectivity index (χ3n) is 5.33. The quantitative estimate of drug-likeness (QED) is 0.404. The predicted molar refractivity (Wildman–Crippen MR) is 130 cm³/mol. The van der Waals surface area contributed by atoms with Crippen LogP contribution in [0.15, 0.2) is 60.7 Å². The number of amides is 2. The van der Waals surface area contributed by atoms with Gasteiger partial charge in [-0.1, -0.05) is 36.4 Å². The molecule has 35 heavy (non-hydrogen) atoms. The lowest BCUT2D eigenvalue weighted by molar-refractivity contribution is -0.137. The molecule has 0 atom stereocenters. The number of fused-ring (bicyclic) bond motifs is 1. The molecule has 1 N–H and O–H groups in total. The lowest BCUT2D eigenvalue weighted by Crippen LogP contribution is -2.36. The van der Waals surface area contributed by atoms with Crippen LogP contribution in [0.4, 0.5) is 18.0 Å². The third-order valence-corrected chi connectivity index (χ3v) is 5.33. The number of ether oxygens (including phenoxy) is 1. The fourth-order valence-corrected chi connectivity index (χ4v) is 3.57. The molecule has 0 aromatic heterocycles. The van der Waals surface area contributed by atoms with Gasteiger partial charge in [-0.25, -0.2) is 4.79 Å². The summed E-state index contributed by atoms with van der Waals surface area (Å²) >= 11 is 0. The summed E-state index contributed by atoms with van der Waals surface area (Å²) in [5, 5.41) is 4.49. The van der Waals surface area contributed by atoms with Crippen LogP contribution in [0.5, 0.6) is 0 Å². The maximum atomic E-state index is 12.9.